The van der Waals surface area contributed by atoms with E-state index in [9.17, 15) is 4.79 Å². The van der Waals surface area contributed by atoms with Gasteiger partial charge in [-0.15, -0.1) is 12.4 Å². The first-order valence-electron chi connectivity index (χ1n) is 8.36. The molecule has 2 aliphatic heterocycles. The third kappa shape index (κ3) is 3.19. The van der Waals surface area contributed by atoms with Crippen LogP contribution in [-0.4, -0.2) is 47.2 Å². The second kappa shape index (κ2) is 6.95. The number of H-pyrrole nitrogens is 1. The van der Waals surface area contributed by atoms with Crippen molar-refractivity contribution < 1.29 is 4.79 Å². The quantitative estimate of drug-likeness (QED) is 0.879. The number of piperidine rings is 1. The Morgan fingerprint density at radius 2 is 2.00 bits per heavy atom. The van der Waals surface area contributed by atoms with Crippen LogP contribution in [-0.2, 0) is 0 Å². The third-order valence-electron chi connectivity index (χ3n) is 5.23. The Labute approximate surface area is 148 Å². The van der Waals surface area contributed by atoms with Crippen molar-refractivity contribution in [3.8, 4) is 11.3 Å². The summed E-state index contributed by atoms with van der Waals surface area (Å²) in [6.45, 7) is 3.93. The maximum absolute atomic E-state index is 12.8. The minimum absolute atomic E-state index is 0. The molecule has 1 aromatic carbocycles. The first kappa shape index (κ1) is 17.0. The summed E-state index contributed by atoms with van der Waals surface area (Å²) in [7, 11) is 0. The molecule has 2 saturated heterocycles. The van der Waals surface area contributed by atoms with Crippen LogP contribution < -0.4 is 5.32 Å². The van der Waals surface area contributed by atoms with E-state index in [0.29, 0.717) is 5.41 Å². The molecule has 0 bridgehead atoms. The van der Waals surface area contributed by atoms with E-state index in [0.717, 1.165) is 49.4 Å². The molecule has 2 N–H and O–H groups in total. The Bertz CT molecular complexity index is 678. The van der Waals surface area contributed by atoms with Gasteiger partial charge in [-0.25, -0.2) is 0 Å². The number of aromatic nitrogens is 2. The fraction of sp³-hybridized carbons (Fsp3) is 0.444. The van der Waals surface area contributed by atoms with Gasteiger partial charge in [0.1, 0.15) is 0 Å². The van der Waals surface area contributed by atoms with Gasteiger partial charge in [0.15, 0.2) is 0 Å². The molecule has 2 aromatic rings. The van der Waals surface area contributed by atoms with E-state index < -0.39 is 0 Å². The van der Waals surface area contributed by atoms with Gasteiger partial charge in [-0.05, 0) is 49.6 Å². The number of aromatic amines is 1. The zero-order valence-corrected chi connectivity index (χ0v) is 14.4. The van der Waals surface area contributed by atoms with Crippen LogP contribution in [0, 0.1) is 5.41 Å². The minimum atomic E-state index is 0. The lowest BCUT2D eigenvalue weighted by atomic mass is 9.80. The van der Waals surface area contributed by atoms with Gasteiger partial charge >= 0.3 is 0 Å². The van der Waals surface area contributed by atoms with Crippen molar-refractivity contribution in [3.05, 3.63) is 42.1 Å². The number of rotatable bonds is 2. The molecule has 2 aliphatic rings. The number of carbonyl (C=O) groups is 1. The molecule has 0 radical (unpaired) electrons. The highest BCUT2D eigenvalue weighted by atomic mass is 35.5. The number of carbonyl (C=O) groups excluding carboxylic acids is 1. The number of halogens is 1. The van der Waals surface area contributed by atoms with Crippen molar-refractivity contribution in [2.45, 2.75) is 19.3 Å². The van der Waals surface area contributed by atoms with Crippen molar-refractivity contribution >= 4 is 18.3 Å². The fourth-order valence-electron chi connectivity index (χ4n) is 3.88. The molecule has 1 atom stereocenters. The molecule has 24 heavy (non-hydrogen) atoms. The molecule has 1 unspecified atom stereocenters. The molecule has 128 valence electrons. The lowest BCUT2D eigenvalue weighted by molar-refractivity contribution is 0.0764. The molecule has 4 rings (SSSR count). The summed E-state index contributed by atoms with van der Waals surface area (Å²) >= 11 is 0. The Hall–Kier alpha value is -1.85. The van der Waals surface area contributed by atoms with Crippen molar-refractivity contribution in [2.75, 3.05) is 26.2 Å². The van der Waals surface area contributed by atoms with Gasteiger partial charge in [0.05, 0.1) is 5.69 Å². The highest BCUT2D eigenvalue weighted by Gasteiger charge is 2.40. The van der Waals surface area contributed by atoms with E-state index in [1.807, 2.05) is 35.2 Å². The van der Waals surface area contributed by atoms with Crippen LogP contribution in [0.25, 0.3) is 11.3 Å². The normalized spacial score (nSPS) is 23.2. The highest BCUT2D eigenvalue weighted by molar-refractivity contribution is 5.94. The number of hydrogen-bond donors (Lipinski definition) is 2. The molecule has 6 heteroatoms. The number of benzene rings is 1. The van der Waals surface area contributed by atoms with E-state index in [1.54, 1.807) is 6.20 Å². The predicted octanol–water partition coefficient (Wildman–Crippen LogP) is 2.71. The predicted molar refractivity (Wildman–Crippen MR) is 96.3 cm³/mol. The fourth-order valence-corrected chi connectivity index (χ4v) is 3.88. The number of amides is 1. The average Bonchev–Trinajstić information content (AvgIpc) is 3.26. The first-order valence-corrected chi connectivity index (χ1v) is 8.36. The summed E-state index contributed by atoms with van der Waals surface area (Å²) in [4.78, 5) is 14.8. The zero-order valence-electron chi connectivity index (χ0n) is 13.6. The molecule has 1 amide bonds. The van der Waals surface area contributed by atoms with Crippen LogP contribution in [0.1, 0.15) is 29.6 Å². The monoisotopic (exact) mass is 346 g/mol. The minimum Gasteiger partial charge on any atom is -0.338 e. The summed E-state index contributed by atoms with van der Waals surface area (Å²) in [6, 6.07) is 9.73. The number of nitrogens with zero attached hydrogens (tertiary/aromatic N) is 2. The van der Waals surface area contributed by atoms with E-state index in [2.05, 4.69) is 15.5 Å². The van der Waals surface area contributed by atoms with Crippen molar-refractivity contribution in [1.82, 2.24) is 20.4 Å². The van der Waals surface area contributed by atoms with Gasteiger partial charge in [-0.1, -0.05) is 12.1 Å². The van der Waals surface area contributed by atoms with Gasteiger partial charge < -0.3 is 10.2 Å². The Balaban J connectivity index is 0.00000169. The standard InChI is InChI=1S/C18H22N4O.ClH/c23-17(22-11-8-18(13-22)7-1-9-19-12-18)15-4-2-14(3-5-15)16-6-10-20-21-16;/h2-6,10,19H,1,7-9,11-13H2,(H,20,21);1H. The van der Waals surface area contributed by atoms with Crippen molar-refractivity contribution in [3.63, 3.8) is 0 Å². The number of nitrogens with one attached hydrogen (secondary N) is 2. The van der Waals surface area contributed by atoms with Gasteiger partial charge in [0.2, 0.25) is 0 Å². The maximum atomic E-state index is 12.8. The van der Waals surface area contributed by atoms with Crippen LogP contribution >= 0.6 is 12.4 Å². The summed E-state index contributed by atoms with van der Waals surface area (Å²) in [6.07, 6.45) is 5.32. The highest BCUT2D eigenvalue weighted by Crippen LogP contribution is 2.37. The van der Waals surface area contributed by atoms with Gasteiger partial charge in [-0.3, -0.25) is 9.89 Å². The Morgan fingerprint density at radius 1 is 1.17 bits per heavy atom. The maximum Gasteiger partial charge on any atom is 0.253 e. The van der Waals surface area contributed by atoms with E-state index in [4.69, 9.17) is 0 Å². The summed E-state index contributed by atoms with van der Waals surface area (Å²) in [5.41, 5.74) is 3.10. The first-order chi connectivity index (χ1) is 11.3. The molecule has 1 spiro atoms. The number of hydrogen-bond acceptors (Lipinski definition) is 3. The molecule has 0 saturated carbocycles. The average molecular weight is 347 g/mol. The molecule has 2 fully saturated rings. The topological polar surface area (TPSA) is 61.0 Å². The summed E-state index contributed by atoms with van der Waals surface area (Å²) in [5, 5.41) is 10.4. The molecule has 1 aromatic heterocycles. The zero-order chi connectivity index (χ0) is 15.7. The Kier molecular flexibility index (Phi) is 4.92. The van der Waals surface area contributed by atoms with Crippen molar-refractivity contribution in [2.24, 2.45) is 5.41 Å². The van der Waals surface area contributed by atoms with Crippen LogP contribution in [0.3, 0.4) is 0 Å². The SMILES string of the molecule is Cl.O=C(c1ccc(-c2ccn[nH]2)cc1)N1CCC2(CCCNC2)C1. The Morgan fingerprint density at radius 3 is 2.67 bits per heavy atom. The molecular weight excluding hydrogens is 324 g/mol. The van der Waals surface area contributed by atoms with Crippen LogP contribution in [0.4, 0.5) is 0 Å². The van der Waals surface area contributed by atoms with Crippen LogP contribution in [0.15, 0.2) is 36.5 Å². The summed E-state index contributed by atoms with van der Waals surface area (Å²) in [5.74, 6) is 0.156. The van der Waals surface area contributed by atoms with E-state index in [-0.39, 0.29) is 18.3 Å². The molecule has 0 aliphatic carbocycles. The number of likely N-dealkylation sites (tertiary alicyclic amines) is 1. The van der Waals surface area contributed by atoms with Crippen LogP contribution in [0.2, 0.25) is 0 Å². The second-order valence-corrected chi connectivity index (χ2v) is 6.80. The summed E-state index contributed by atoms with van der Waals surface area (Å²) < 4.78 is 0. The van der Waals surface area contributed by atoms with E-state index >= 15 is 0 Å². The molecule has 5 nitrogen and oxygen atoms in total. The van der Waals surface area contributed by atoms with Crippen LogP contribution in [0.5, 0.6) is 0 Å². The molecule has 3 heterocycles. The molecular formula is C18H23ClN4O. The smallest absolute Gasteiger partial charge is 0.253 e. The largest absolute Gasteiger partial charge is 0.338 e. The van der Waals surface area contributed by atoms with Gasteiger partial charge in [0, 0.05) is 36.8 Å². The lowest BCUT2D eigenvalue weighted by Gasteiger charge is -2.33. The van der Waals surface area contributed by atoms with Crippen molar-refractivity contribution in [1.29, 1.82) is 0 Å². The van der Waals surface area contributed by atoms with E-state index in [1.165, 1.54) is 12.8 Å². The van der Waals surface area contributed by atoms with Gasteiger partial charge in [-0.2, -0.15) is 5.10 Å². The third-order valence-corrected chi connectivity index (χ3v) is 5.23. The lowest BCUT2D eigenvalue weighted by Crippen LogP contribution is -2.42. The second-order valence-electron chi connectivity index (χ2n) is 6.80. The van der Waals surface area contributed by atoms with Gasteiger partial charge in [0.25, 0.3) is 5.91 Å².